The molecule has 0 bridgehead atoms. The summed E-state index contributed by atoms with van der Waals surface area (Å²) in [5.74, 6) is 0.259. The minimum Gasteiger partial charge on any atom is -0.266 e. The van der Waals surface area contributed by atoms with Crippen LogP contribution in [-0.4, -0.2) is 18.2 Å². The van der Waals surface area contributed by atoms with Crippen molar-refractivity contribution in [1.29, 1.82) is 0 Å². The van der Waals surface area contributed by atoms with Crippen molar-refractivity contribution in [2.24, 2.45) is 0 Å². The van der Waals surface area contributed by atoms with Crippen molar-refractivity contribution in [3.63, 3.8) is 0 Å². The third kappa shape index (κ3) is 3.82. The highest BCUT2D eigenvalue weighted by atomic mass is 35.5. The fourth-order valence-corrected chi connectivity index (χ4v) is 4.06. The van der Waals surface area contributed by atoms with E-state index in [-0.39, 0.29) is 10.7 Å². The smallest absolute Gasteiger partial charge is 0.263 e. The molecule has 1 heterocycles. The lowest BCUT2D eigenvalue weighted by Crippen LogP contribution is -2.13. The first-order chi connectivity index (χ1) is 13.0. The van der Waals surface area contributed by atoms with Gasteiger partial charge in [0.25, 0.3) is 10.0 Å². The van der Waals surface area contributed by atoms with Crippen LogP contribution in [0, 0.1) is 0 Å². The Morgan fingerprint density at radius 2 is 1.67 bits per heavy atom. The molecule has 4 aromatic rings. The topological polar surface area (TPSA) is 64.0 Å². The molecule has 0 aliphatic heterocycles. The van der Waals surface area contributed by atoms with Crippen molar-refractivity contribution in [2.45, 2.75) is 11.4 Å². The normalized spacial score (nSPS) is 11.6. The van der Waals surface area contributed by atoms with Gasteiger partial charge in [0.15, 0.2) is 5.82 Å². The van der Waals surface area contributed by atoms with Crippen LogP contribution in [0.3, 0.4) is 0 Å². The van der Waals surface area contributed by atoms with Crippen LogP contribution in [0.25, 0.3) is 10.8 Å². The van der Waals surface area contributed by atoms with Gasteiger partial charge in [0.05, 0.1) is 11.4 Å². The molecule has 136 valence electrons. The summed E-state index contributed by atoms with van der Waals surface area (Å²) in [7, 11) is -3.72. The van der Waals surface area contributed by atoms with Gasteiger partial charge in [-0.2, -0.15) is 5.10 Å². The quantitative estimate of drug-likeness (QED) is 0.537. The first-order valence-corrected chi connectivity index (χ1v) is 10.2. The number of sulfonamides is 1. The van der Waals surface area contributed by atoms with Crippen LogP contribution in [0.4, 0.5) is 5.82 Å². The Labute approximate surface area is 162 Å². The Morgan fingerprint density at radius 1 is 0.926 bits per heavy atom. The Hall–Kier alpha value is -2.83. The highest BCUT2D eigenvalue weighted by molar-refractivity contribution is 7.92. The van der Waals surface area contributed by atoms with Crippen LogP contribution in [-0.2, 0) is 16.6 Å². The van der Waals surface area contributed by atoms with Crippen molar-refractivity contribution >= 4 is 38.2 Å². The number of hydrogen-bond donors (Lipinski definition) is 1. The fourth-order valence-electron chi connectivity index (χ4n) is 2.84. The van der Waals surface area contributed by atoms with Crippen molar-refractivity contribution in [3.05, 3.63) is 89.6 Å². The maximum atomic E-state index is 12.7. The van der Waals surface area contributed by atoms with E-state index in [0.717, 1.165) is 16.3 Å². The number of aromatic nitrogens is 2. The maximum Gasteiger partial charge on any atom is 0.263 e. The Balaban J connectivity index is 1.56. The van der Waals surface area contributed by atoms with E-state index in [0.29, 0.717) is 11.6 Å². The third-order valence-corrected chi connectivity index (χ3v) is 5.92. The lowest BCUT2D eigenvalue weighted by molar-refractivity contribution is 0.600. The van der Waals surface area contributed by atoms with E-state index in [9.17, 15) is 8.42 Å². The second-order valence-corrected chi connectivity index (χ2v) is 8.19. The molecule has 0 aliphatic carbocycles. The van der Waals surface area contributed by atoms with Gasteiger partial charge >= 0.3 is 0 Å². The molecule has 1 aromatic heterocycles. The highest BCUT2D eigenvalue weighted by Gasteiger charge is 2.16. The summed E-state index contributed by atoms with van der Waals surface area (Å²) in [5.41, 5.74) is 0.909. The molecule has 0 saturated carbocycles. The summed E-state index contributed by atoms with van der Waals surface area (Å²) >= 11 is 6.16. The standard InChI is InChI=1S/C20H16ClN3O2S/c21-19-8-4-3-7-17(19)14-24-12-11-20(22-24)23-27(25,26)18-10-9-15-5-1-2-6-16(15)13-18/h1-13H,14H2,(H,22,23). The molecule has 27 heavy (non-hydrogen) atoms. The zero-order chi connectivity index (χ0) is 18.9. The van der Waals surface area contributed by atoms with E-state index in [4.69, 9.17) is 11.6 Å². The molecule has 0 unspecified atom stereocenters. The van der Waals surface area contributed by atoms with E-state index < -0.39 is 10.0 Å². The first-order valence-electron chi connectivity index (χ1n) is 8.30. The van der Waals surface area contributed by atoms with E-state index >= 15 is 0 Å². The molecule has 0 amide bonds. The van der Waals surface area contributed by atoms with Gasteiger partial charge in [0.1, 0.15) is 0 Å². The summed E-state index contributed by atoms with van der Waals surface area (Å²) in [4.78, 5) is 0.196. The predicted molar refractivity (Wildman–Crippen MR) is 108 cm³/mol. The minimum absolute atomic E-state index is 0.196. The molecule has 0 radical (unpaired) electrons. The molecule has 3 aromatic carbocycles. The van der Waals surface area contributed by atoms with Gasteiger partial charge < -0.3 is 0 Å². The second kappa shape index (κ2) is 7.06. The number of anilines is 1. The van der Waals surface area contributed by atoms with Crippen LogP contribution in [0.15, 0.2) is 83.9 Å². The number of rotatable bonds is 5. The molecule has 4 rings (SSSR count). The predicted octanol–water partition coefficient (Wildman–Crippen LogP) is 4.54. The van der Waals surface area contributed by atoms with E-state index in [1.807, 2.05) is 48.5 Å². The van der Waals surface area contributed by atoms with Crippen LogP contribution in [0.1, 0.15) is 5.56 Å². The number of nitrogens with one attached hydrogen (secondary N) is 1. The van der Waals surface area contributed by atoms with Gasteiger partial charge in [0.2, 0.25) is 0 Å². The molecular weight excluding hydrogens is 382 g/mol. The third-order valence-electron chi connectivity index (χ3n) is 4.20. The summed E-state index contributed by atoms with van der Waals surface area (Å²) in [6, 6.07) is 21.7. The van der Waals surface area contributed by atoms with Crippen molar-refractivity contribution in [2.75, 3.05) is 4.72 Å². The number of nitrogens with zero attached hydrogens (tertiary/aromatic N) is 2. The Morgan fingerprint density at radius 3 is 2.48 bits per heavy atom. The number of fused-ring (bicyclic) bond motifs is 1. The number of halogens is 1. The van der Waals surface area contributed by atoms with E-state index in [1.165, 1.54) is 0 Å². The molecule has 0 aliphatic rings. The monoisotopic (exact) mass is 397 g/mol. The van der Waals surface area contributed by atoms with Crippen LogP contribution < -0.4 is 4.72 Å². The molecule has 1 N–H and O–H groups in total. The average molecular weight is 398 g/mol. The van der Waals surface area contributed by atoms with Gasteiger partial charge in [0, 0.05) is 17.3 Å². The summed E-state index contributed by atoms with van der Waals surface area (Å²) < 4.78 is 29.5. The van der Waals surface area contributed by atoms with Crippen LogP contribution in [0.2, 0.25) is 5.02 Å². The molecule has 0 saturated heterocycles. The van der Waals surface area contributed by atoms with Crippen LogP contribution >= 0.6 is 11.6 Å². The fraction of sp³-hybridized carbons (Fsp3) is 0.0500. The van der Waals surface area contributed by atoms with Crippen LogP contribution in [0.5, 0.6) is 0 Å². The van der Waals surface area contributed by atoms with Crippen molar-refractivity contribution < 1.29 is 8.42 Å². The zero-order valence-electron chi connectivity index (χ0n) is 14.2. The van der Waals surface area contributed by atoms with Gasteiger partial charge in [-0.15, -0.1) is 0 Å². The molecular formula is C20H16ClN3O2S. The lowest BCUT2D eigenvalue weighted by atomic mass is 10.1. The maximum absolute atomic E-state index is 12.7. The molecule has 0 spiro atoms. The number of hydrogen-bond acceptors (Lipinski definition) is 3. The van der Waals surface area contributed by atoms with Crippen molar-refractivity contribution in [3.8, 4) is 0 Å². The second-order valence-electron chi connectivity index (χ2n) is 6.10. The number of benzene rings is 3. The molecule has 0 atom stereocenters. The lowest BCUT2D eigenvalue weighted by Gasteiger charge is -2.07. The van der Waals surface area contributed by atoms with Gasteiger partial charge in [-0.05, 0) is 34.5 Å². The highest BCUT2D eigenvalue weighted by Crippen LogP contribution is 2.21. The largest absolute Gasteiger partial charge is 0.266 e. The van der Waals surface area contributed by atoms with Crippen molar-refractivity contribution in [1.82, 2.24) is 9.78 Å². The van der Waals surface area contributed by atoms with E-state index in [2.05, 4.69) is 9.82 Å². The first kappa shape index (κ1) is 17.6. The molecule has 7 heteroatoms. The summed E-state index contributed by atoms with van der Waals surface area (Å²) in [5, 5.41) is 6.78. The molecule has 5 nitrogen and oxygen atoms in total. The van der Waals surface area contributed by atoms with Gasteiger partial charge in [-0.25, -0.2) is 8.42 Å². The minimum atomic E-state index is -3.72. The Kier molecular flexibility index (Phi) is 4.59. The van der Waals surface area contributed by atoms with E-state index in [1.54, 1.807) is 35.1 Å². The Bertz CT molecular complexity index is 1220. The van der Waals surface area contributed by atoms with Gasteiger partial charge in [-0.1, -0.05) is 60.1 Å². The zero-order valence-corrected chi connectivity index (χ0v) is 15.8. The van der Waals surface area contributed by atoms with Gasteiger partial charge in [-0.3, -0.25) is 9.40 Å². The SMILES string of the molecule is O=S(=O)(Nc1ccn(Cc2ccccc2Cl)n1)c1ccc2ccccc2c1. The summed E-state index contributed by atoms with van der Waals surface area (Å²) in [6.07, 6.45) is 1.71. The average Bonchev–Trinajstić information content (AvgIpc) is 3.09. The molecule has 0 fully saturated rings. The summed E-state index contributed by atoms with van der Waals surface area (Å²) in [6.45, 7) is 0.456.